The molecule has 0 N–H and O–H groups in total. The molecule has 0 aliphatic rings. The van der Waals surface area contributed by atoms with E-state index in [1.807, 2.05) is 13.8 Å². The molecule has 12 heavy (non-hydrogen) atoms. The molecule has 0 heterocycles. The molecule has 0 saturated carbocycles. The van der Waals surface area contributed by atoms with E-state index in [2.05, 4.69) is 0 Å². The average Bonchev–Trinajstić information content (AvgIpc) is 1.97. The largest absolute Gasteiger partial charge is 1.00 e. The third-order valence-corrected chi connectivity index (χ3v) is 5.89. The first-order chi connectivity index (χ1) is 5.12. The first kappa shape index (κ1) is 15.8. The van der Waals surface area contributed by atoms with Gasteiger partial charge < -0.3 is 0 Å². The van der Waals surface area contributed by atoms with Crippen molar-refractivity contribution < 1.29 is 37.4 Å². The van der Waals surface area contributed by atoms with Gasteiger partial charge in [-0.25, -0.2) is 0 Å². The van der Waals surface area contributed by atoms with Crippen LogP contribution in [0, 0.1) is 0 Å². The summed E-state index contributed by atoms with van der Waals surface area (Å²) in [5, 5.41) is 0.934. The quantitative estimate of drug-likeness (QED) is 0.552. The normalized spacial score (nSPS) is 10.9. The van der Waals surface area contributed by atoms with Crippen LogP contribution >= 0.6 is 0 Å². The summed E-state index contributed by atoms with van der Waals surface area (Å²) in [4.78, 5) is 0. The van der Waals surface area contributed by atoms with Gasteiger partial charge in [-0.15, -0.1) is 0 Å². The Morgan fingerprint density at radius 3 is 1.67 bits per heavy atom. The zero-order valence-electron chi connectivity index (χ0n) is 8.51. The molecule has 0 amide bonds. The van der Waals surface area contributed by atoms with E-state index in [1.165, 1.54) is 0 Å². The second kappa shape index (κ2) is 8.90. The van der Waals surface area contributed by atoms with Gasteiger partial charge >= 0.3 is 101 Å². The molecule has 0 unspecified atom stereocenters. The van der Waals surface area contributed by atoms with Gasteiger partial charge in [-0.3, -0.25) is 0 Å². The minimum atomic E-state index is -3.57. The van der Waals surface area contributed by atoms with E-state index in [4.69, 9.17) is 0 Å². The van der Waals surface area contributed by atoms with Crippen LogP contribution in [0.5, 0.6) is 0 Å². The van der Waals surface area contributed by atoms with Crippen molar-refractivity contribution in [3.63, 3.8) is 0 Å². The Bertz CT molecular complexity index is 127. The number of hydrogen-bond donors (Lipinski definition) is 0. The van der Waals surface area contributed by atoms with E-state index in [0.717, 1.165) is 25.7 Å². The summed E-state index contributed by atoms with van der Waals surface area (Å²) < 4.78 is 22.5. The van der Waals surface area contributed by atoms with Crippen LogP contribution in [0.2, 0.25) is 10.4 Å². The Morgan fingerprint density at radius 2 is 1.42 bits per heavy atom. The Kier molecular flexibility index (Phi) is 11.7. The summed E-state index contributed by atoms with van der Waals surface area (Å²) in [6, 6.07) is 0. The Morgan fingerprint density at radius 1 is 1.08 bits per heavy atom. The van der Waals surface area contributed by atoms with Crippen molar-refractivity contribution in [1.29, 1.82) is 0 Å². The fraction of sp³-hybridized carbons (Fsp3) is 1.00. The molecule has 0 aliphatic heterocycles. The van der Waals surface area contributed by atoms with Gasteiger partial charge in [0, 0.05) is 0 Å². The van der Waals surface area contributed by atoms with Crippen molar-refractivity contribution in [2.45, 2.75) is 49.9 Å². The number of hydrogen-bond acceptors (Lipinski definition) is 2. The summed E-state index contributed by atoms with van der Waals surface area (Å²) in [6.45, 7) is 4.05. The van der Waals surface area contributed by atoms with Gasteiger partial charge in [0.05, 0.1) is 0 Å². The van der Waals surface area contributed by atoms with Crippen molar-refractivity contribution in [2.24, 2.45) is 0 Å². The smallest absolute Gasteiger partial charge is 1.00 e. The predicted molar refractivity (Wildman–Crippen MR) is 45.9 cm³/mol. The Labute approximate surface area is 100 Å². The fourth-order valence-electron chi connectivity index (χ4n) is 0.910. The van der Waals surface area contributed by atoms with Gasteiger partial charge in [-0.2, -0.15) is 0 Å². The van der Waals surface area contributed by atoms with Crippen LogP contribution < -0.4 is 33.7 Å². The second-order valence-electron chi connectivity index (χ2n) is 2.97. The van der Waals surface area contributed by atoms with Crippen LogP contribution in [0.15, 0.2) is 0 Å². The van der Waals surface area contributed by atoms with Crippen molar-refractivity contribution in [3.8, 4) is 0 Å². The molecular weight excluding hydrogens is 226 g/mol. The molecule has 0 radical (unpaired) electrons. The van der Waals surface area contributed by atoms with Crippen LogP contribution in [0.4, 0.5) is 0 Å². The third-order valence-electron chi connectivity index (χ3n) is 1.70. The molecule has 0 fully saturated rings. The first-order valence-electron chi connectivity index (χ1n) is 4.41. The number of rotatable bonds is 6. The van der Waals surface area contributed by atoms with Crippen molar-refractivity contribution in [3.05, 3.63) is 0 Å². The minimum absolute atomic E-state index is 0. The van der Waals surface area contributed by atoms with Gasteiger partial charge in [0.2, 0.25) is 0 Å². The Balaban J connectivity index is 0. The standard InChI is InChI=1S/C8H19AsO2.Na/c1-3-5-7-9(10,11)8-6-4-2;/h3-8H2,1-2H3,(H,10,11);/q;+1/p-1. The maximum atomic E-state index is 11.2. The summed E-state index contributed by atoms with van der Waals surface area (Å²) in [5.41, 5.74) is 0. The third kappa shape index (κ3) is 9.41. The van der Waals surface area contributed by atoms with E-state index in [0.29, 0.717) is 10.4 Å². The topological polar surface area (TPSA) is 40.1 Å². The van der Waals surface area contributed by atoms with Gasteiger partial charge in [-0.05, 0) is 0 Å². The van der Waals surface area contributed by atoms with Gasteiger partial charge in [0.1, 0.15) is 0 Å². The van der Waals surface area contributed by atoms with Crippen LogP contribution in [0.1, 0.15) is 39.5 Å². The molecule has 2 nitrogen and oxygen atoms in total. The molecule has 0 atom stereocenters. The van der Waals surface area contributed by atoms with Crippen LogP contribution in [-0.2, 0) is 3.74 Å². The molecule has 68 valence electrons. The molecular formula is C8H18AsNaO2. The molecule has 0 rings (SSSR count). The molecule has 4 heteroatoms. The SMILES string of the molecule is CCCC[As](=O)([O-])CCCC.[Na+]. The molecule has 0 aliphatic carbocycles. The zero-order valence-corrected chi connectivity index (χ0v) is 12.4. The van der Waals surface area contributed by atoms with E-state index in [9.17, 15) is 7.84 Å². The van der Waals surface area contributed by atoms with Gasteiger partial charge in [-0.1, -0.05) is 0 Å². The molecule has 0 aromatic heterocycles. The van der Waals surface area contributed by atoms with Crippen LogP contribution in [0.3, 0.4) is 0 Å². The van der Waals surface area contributed by atoms with E-state index < -0.39 is 13.8 Å². The van der Waals surface area contributed by atoms with Gasteiger partial charge in [0.15, 0.2) is 0 Å². The summed E-state index contributed by atoms with van der Waals surface area (Å²) in [5.74, 6) is 0. The maximum Gasteiger partial charge on any atom is 1.00 e. The average molecular weight is 244 g/mol. The second-order valence-corrected chi connectivity index (χ2v) is 8.26. The van der Waals surface area contributed by atoms with Crippen LogP contribution in [0.25, 0.3) is 0 Å². The summed E-state index contributed by atoms with van der Waals surface area (Å²) in [7, 11) is 0. The number of unbranched alkanes of at least 4 members (excludes halogenated alkanes) is 2. The predicted octanol–water partition coefficient (Wildman–Crippen LogP) is -1.18. The summed E-state index contributed by atoms with van der Waals surface area (Å²) >= 11 is -3.57. The Hall–Kier alpha value is 1.32. The van der Waals surface area contributed by atoms with E-state index in [-0.39, 0.29) is 29.6 Å². The monoisotopic (exact) mass is 244 g/mol. The molecule has 0 bridgehead atoms. The summed E-state index contributed by atoms with van der Waals surface area (Å²) in [6.07, 6.45) is 3.67. The van der Waals surface area contributed by atoms with E-state index in [1.54, 1.807) is 0 Å². The minimum Gasteiger partial charge on any atom is 1.00 e. The molecule has 0 aromatic rings. The molecule has 0 spiro atoms. The first-order valence-corrected chi connectivity index (χ1v) is 8.60. The van der Waals surface area contributed by atoms with Crippen molar-refractivity contribution in [2.75, 3.05) is 0 Å². The van der Waals surface area contributed by atoms with Crippen molar-refractivity contribution in [1.82, 2.24) is 0 Å². The molecule has 0 aromatic carbocycles. The van der Waals surface area contributed by atoms with Crippen molar-refractivity contribution >= 4 is 13.8 Å². The fourth-order valence-corrected chi connectivity index (χ4v) is 4.73. The zero-order chi connectivity index (χ0) is 8.74. The van der Waals surface area contributed by atoms with Gasteiger partial charge in [0.25, 0.3) is 0 Å². The molecule has 0 saturated heterocycles. The van der Waals surface area contributed by atoms with Crippen LogP contribution in [-0.4, -0.2) is 13.8 Å². The van der Waals surface area contributed by atoms with E-state index >= 15 is 0 Å². The maximum absolute atomic E-state index is 11.2.